The Hall–Kier alpha value is -2.08. The second-order valence-corrected chi connectivity index (χ2v) is 6.27. The maximum atomic E-state index is 11.9. The lowest BCUT2D eigenvalue weighted by Gasteiger charge is -2.09. The van der Waals surface area contributed by atoms with E-state index >= 15 is 0 Å². The number of carbonyl (C=O) groups is 1. The van der Waals surface area contributed by atoms with Crippen LogP contribution in [-0.2, 0) is 11.3 Å². The van der Waals surface area contributed by atoms with Crippen molar-refractivity contribution >= 4 is 52.5 Å². The largest absolute Gasteiger partial charge is 0.497 e. The molecule has 0 spiro atoms. The predicted octanol–water partition coefficient (Wildman–Crippen LogP) is 4.21. The number of hydrogen-bond donors (Lipinski definition) is 2. The van der Waals surface area contributed by atoms with Gasteiger partial charge >= 0.3 is 0 Å². The van der Waals surface area contributed by atoms with Crippen molar-refractivity contribution in [1.82, 2.24) is 10.6 Å². The van der Waals surface area contributed by atoms with E-state index in [2.05, 4.69) is 10.6 Å². The Morgan fingerprint density at radius 3 is 2.56 bits per heavy atom. The highest BCUT2D eigenvalue weighted by atomic mass is 35.5. The molecule has 1 amide bonds. The van der Waals surface area contributed by atoms with Crippen LogP contribution in [0.1, 0.15) is 11.1 Å². The number of rotatable bonds is 5. The lowest BCUT2D eigenvalue weighted by Crippen LogP contribution is -2.38. The van der Waals surface area contributed by atoms with Crippen LogP contribution in [-0.4, -0.2) is 18.1 Å². The van der Waals surface area contributed by atoms with Crippen molar-refractivity contribution in [2.75, 3.05) is 7.11 Å². The zero-order valence-electron chi connectivity index (χ0n) is 13.4. The van der Waals surface area contributed by atoms with Gasteiger partial charge in [0.25, 0.3) is 0 Å². The lowest BCUT2D eigenvalue weighted by atomic mass is 10.2. The van der Waals surface area contributed by atoms with Gasteiger partial charge in [0.05, 0.1) is 7.11 Å². The molecule has 0 unspecified atom stereocenters. The quantitative estimate of drug-likeness (QED) is 0.589. The predicted molar refractivity (Wildman–Crippen MR) is 106 cm³/mol. The standard InChI is InChI=1S/C18H16Cl2N2O2S/c1-24-15-7-2-12(3-8-15)4-9-17(23)22-18(25)21-11-13-5-6-14(19)10-16(13)20/h2-10H,11H2,1H3,(H2,21,22,23,25)/b9-4+. The molecule has 7 heteroatoms. The van der Waals surface area contributed by atoms with Gasteiger partial charge in [0, 0.05) is 22.7 Å². The third-order valence-electron chi connectivity index (χ3n) is 3.23. The van der Waals surface area contributed by atoms with E-state index in [0.29, 0.717) is 16.6 Å². The monoisotopic (exact) mass is 394 g/mol. The zero-order valence-corrected chi connectivity index (χ0v) is 15.7. The number of thiocarbonyl (C=S) groups is 1. The Kier molecular flexibility index (Phi) is 7.25. The maximum absolute atomic E-state index is 11.9. The first kappa shape index (κ1) is 19.2. The topological polar surface area (TPSA) is 50.4 Å². The van der Waals surface area contributed by atoms with E-state index < -0.39 is 0 Å². The molecule has 2 aromatic carbocycles. The van der Waals surface area contributed by atoms with E-state index in [1.165, 1.54) is 6.08 Å². The summed E-state index contributed by atoms with van der Waals surface area (Å²) in [6.45, 7) is 0.386. The summed E-state index contributed by atoms with van der Waals surface area (Å²) >= 11 is 17.0. The van der Waals surface area contributed by atoms with Crippen LogP contribution in [0.2, 0.25) is 10.0 Å². The van der Waals surface area contributed by atoms with Crippen molar-refractivity contribution in [3.63, 3.8) is 0 Å². The van der Waals surface area contributed by atoms with E-state index in [-0.39, 0.29) is 11.0 Å². The summed E-state index contributed by atoms with van der Waals surface area (Å²) < 4.78 is 5.08. The highest BCUT2D eigenvalue weighted by Gasteiger charge is 2.04. The van der Waals surface area contributed by atoms with Gasteiger partial charge < -0.3 is 10.1 Å². The molecular weight excluding hydrogens is 379 g/mol. The Labute approximate surface area is 161 Å². The number of nitrogens with one attached hydrogen (secondary N) is 2. The minimum absolute atomic E-state index is 0.218. The molecule has 0 radical (unpaired) electrons. The molecule has 0 heterocycles. The van der Waals surface area contributed by atoms with Gasteiger partial charge in [0.15, 0.2) is 5.11 Å². The third-order valence-corrected chi connectivity index (χ3v) is 4.07. The molecule has 0 saturated heterocycles. The molecule has 0 atom stereocenters. The number of ether oxygens (including phenoxy) is 1. The lowest BCUT2D eigenvalue weighted by molar-refractivity contribution is -0.115. The molecule has 0 aliphatic heterocycles. The van der Waals surface area contributed by atoms with E-state index in [9.17, 15) is 4.79 Å². The molecule has 0 fully saturated rings. The summed E-state index contributed by atoms with van der Waals surface area (Å²) in [5.41, 5.74) is 1.71. The van der Waals surface area contributed by atoms with Crippen molar-refractivity contribution < 1.29 is 9.53 Å². The SMILES string of the molecule is COc1ccc(/C=C/C(=O)NC(=S)NCc2ccc(Cl)cc2Cl)cc1. The van der Waals surface area contributed by atoms with Crippen LogP contribution in [0.5, 0.6) is 5.75 Å². The number of hydrogen-bond acceptors (Lipinski definition) is 3. The minimum atomic E-state index is -0.324. The van der Waals surface area contributed by atoms with Gasteiger partial charge in [-0.1, -0.05) is 41.4 Å². The zero-order chi connectivity index (χ0) is 18.2. The van der Waals surface area contributed by atoms with Gasteiger partial charge in [-0.2, -0.15) is 0 Å². The van der Waals surface area contributed by atoms with Crippen molar-refractivity contribution in [1.29, 1.82) is 0 Å². The summed E-state index contributed by atoms with van der Waals surface area (Å²) in [6, 6.07) is 12.5. The van der Waals surface area contributed by atoms with Crippen LogP contribution in [0.3, 0.4) is 0 Å². The first-order chi connectivity index (χ1) is 12.0. The Balaban J connectivity index is 1.82. The molecule has 25 heavy (non-hydrogen) atoms. The van der Waals surface area contributed by atoms with Gasteiger partial charge in [0.1, 0.15) is 5.75 Å². The van der Waals surface area contributed by atoms with E-state index in [1.54, 1.807) is 31.4 Å². The number of amides is 1. The Bertz CT molecular complexity index is 792. The Morgan fingerprint density at radius 2 is 1.92 bits per heavy atom. The number of methoxy groups -OCH3 is 1. The average molecular weight is 395 g/mol. The van der Waals surface area contributed by atoms with E-state index in [0.717, 1.165) is 16.9 Å². The Morgan fingerprint density at radius 1 is 1.20 bits per heavy atom. The van der Waals surface area contributed by atoms with Crippen molar-refractivity contribution in [3.8, 4) is 5.75 Å². The summed E-state index contributed by atoms with van der Waals surface area (Å²) in [4.78, 5) is 11.9. The highest BCUT2D eigenvalue weighted by molar-refractivity contribution is 7.80. The second-order valence-electron chi connectivity index (χ2n) is 5.01. The maximum Gasteiger partial charge on any atom is 0.250 e. The number of carbonyl (C=O) groups excluding carboxylic acids is 1. The van der Waals surface area contributed by atoms with E-state index in [4.69, 9.17) is 40.2 Å². The van der Waals surface area contributed by atoms with Crippen LogP contribution < -0.4 is 15.4 Å². The molecule has 2 N–H and O–H groups in total. The molecule has 0 bridgehead atoms. The van der Waals surface area contributed by atoms with Gasteiger partial charge in [-0.3, -0.25) is 10.1 Å². The van der Waals surface area contributed by atoms with Crippen LogP contribution in [0.25, 0.3) is 6.08 Å². The summed E-state index contributed by atoms with van der Waals surface area (Å²) in [5.74, 6) is 0.434. The van der Waals surface area contributed by atoms with Gasteiger partial charge in [-0.05, 0) is 53.7 Å². The summed E-state index contributed by atoms with van der Waals surface area (Å²) in [5, 5.41) is 6.82. The smallest absolute Gasteiger partial charge is 0.250 e. The van der Waals surface area contributed by atoms with Crippen LogP contribution >= 0.6 is 35.4 Å². The van der Waals surface area contributed by atoms with Crippen LogP contribution in [0.15, 0.2) is 48.5 Å². The molecule has 4 nitrogen and oxygen atoms in total. The molecular formula is C18H16Cl2N2O2S. The third kappa shape index (κ3) is 6.38. The summed E-state index contributed by atoms with van der Waals surface area (Å²) in [7, 11) is 1.60. The molecule has 130 valence electrons. The van der Waals surface area contributed by atoms with Gasteiger partial charge in [-0.15, -0.1) is 0 Å². The molecule has 0 aliphatic rings. The fourth-order valence-corrected chi connectivity index (χ4v) is 2.57. The molecule has 0 saturated carbocycles. The average Bonchev–Trinajstić information content (AvgIpc) is 2.59. The van der Waals surface area contributed by atoms with Gasteiger partial charge in [0.2, 0.25) is 5.91 Å². The fourth-order valence-electron chi connectivity index (χ4n) is 1.93. The van der Waals surface area contributed by atoms with Gasteiger partial charge in [-0.25, -0.2) is 0 Å². The second kappa shape index (κ2) is 9.42. The van der Waals surface area contributed by atoms with Crippen LogP contribution in [0.4, 0.5) is 0 Å². The van der Waals surface area contributed by atoms with Crippen molar-refractivity contribution in [2.45, 2.75) is 6.54 Å². The molecule has 0 aromatic heterocycles. The van der Waals surface area contributed by atoms with E-state index in [1.807, 2.05) is 24.3 Å². The first-order valence-corrected chi connectivity index (χ1v) is 8.49. The minimum Gasteiger partial charge on any atom is -0.497 e. The molecule has 2 rings (SSSR count). The van der Waals surface area contributed by atoms with Crippen molar-refractivity contribution in [2.24, 2.45) is 0 Å². The molecule has 0 aliphatic carbocycles. The van der Waals surface area contributed by atoms with Crippen molar-refractivity contribution in [3.05, 3.63) is 69.7 Å². The first-order valence-electron chi connectivity index (χ1n) is 7.33. The fraction of sp³-hybridized carbons (Fsp3) is 0.111. The highest BCUT2D eigenvalue weighted by Crippen LogP contribution is 2.20. The van der Waals surface area contributed by atoms with Crippen LogP contribution in [0, 0.1) is 0 Å². The normalized spacial score (nSPS) is 10.5. The summed E-state index contributed by atoms with van der Waals surface area (Å²) in [6.07, 6.45) is 3.10. The number of halogens is 2. The molecule has 2 aromatic rings. The number of benzene rings is 2.